The van der Waals surface area contributed by atoms with Gasteiger partial charge in [-0.2, -0.15) is 0 Å². The first-order valence-electron chi connectivity index (χ1n) is 10.6. The van der Waals surface area contributed by atoms with Crippen molar-refractivity contribution in [2.45, 2.75) is 38.5 Å². The first kappa shape index (κ1) is 22.2. The largest absolute Gasteiger partial charge is 0.392 e. The number of hydrogen-bond donors (Lipinski definition) is 1. The van der Waals surface area contributed by atoms with E-state index in [9.17, 15) is 5.11 Å². The zero-order chi connectivity index (χ0) is 21.4. The van der Waals surface area contributed by atoms with E-state index in [0.29, 0.717) is 6.61 Å². The van der Waals surface area contributed by atoms with E-state index in [4.69, 9.17) is 4.74 Å². The summed E-state index contributed by atoms with van der Waals surface area (Å²) in [5.41, 5.74) is 4.47. The molecule has 0 saturated heterocycles. The number of aliphatic hydroxyl groups is 1. The number of ether oxygens (including phenoxy) is 1. The molecule has 0 heterocycles. The number of hydrogen-bond acceptors (Lipinski definition) is 3. The van der Waals surface area contributed by atoms with Crippen molar-refractivity contribution in [2.24, 2.45) is 0 Å². The fourth-order valence-electron chi connectivity index (χ4n) is 3.45. The molecule has 3 nitrogen and oxygen atoms in total. The molecule has 3 rings (SSSR count). The van der Waals surface area contributed by atoms with Gasteiger partial charge in [0.25, 0.3) is 0 Å². The van der Waals surface area contributed by atoms with Crippen LogP contribution in [0, 0.1) is 0 Å². The monoisotopic (exact) mass is 403 g/mol. The van der Waals surface area contributed by atoms with Gasteiger partial charge in [0.15, 0.2) is 0 Å². The number of likely N-dealkylation sites (N-methyl/N-ethyl adjacent to an activating group) is 1. The quantitative estimate of drug-likeness (QED) is 0.503. The molecule has 0 amide bonds. The summed E-state index contributed by atoms with van der Waals surface area (Å²) in [5, 5.41) is 9.20. The third-order valence-corrected chi connectivity index (χ3v) is 5.78. The van der Waals surface area contributed by atoms with E-state index in [-0.39, 0.29) is 18.2 Å². The Labute approximate surface area is 180 Å². The molecule has 0 spiro atoms. The molecule has 0 aromatic heterocycles. The lowest BCUT2D eigenvalue weighted by molar-refractivity contribution is -0.00413. The van der Waals surface area contributed by atoms with Crippen LogP contribution in [0.2, 0.25) is 0 Å². The van der Waals surface area contributed by atoms with Gasteiger partial charge in [-0.05, 0) is 49.6 Å². The van der Waals surface area contributed by atoms with E-state index in [1.54, 1.807) is 0 Å². The molecule has 0 aliphatic carbocycles. The van der Waals surface area contributed by atoms with Crippen LogP contribution in [-0.4, -0.2) is 35.7 Å². The fraction of sp³-hybridized carbons (Fsp3) is 0.333. The van der Waals surface area contributed by atoms with Gasteiger partial charge in [0.1, 0.15) is 6.10 Å². The van der Waals surface area contributed by atoms with Crippen LogP contribution in [0.5, 0.6) is 0 Å². The Bertz CT molecular complexity index is 836. The smallest absolute Gasteiger partial charge is 0.108 e. The predicted octanol–water partition coefficient (Wildman–Crippen LogP) is 5.24. The van der Waals surface area contributed by atoms with Crippen LogP contribution in [0.15, 0.2) is 84.9 Å². The first-order valence-corrected chi connectivity index (χ1v) is 10.6. The van der Waals surface area contributed by atoms with Crippen LogP contribution in [0.3, 0.4) is 0 Å². The second kappa shape index (κ2) is 10.5. The molecule has 1 N–H and O–H groups in total. The van der Waals surface area contributed by atoms with Gasteiger partial charge in [-0.15, -0.1) is 0 Å². The maximum Gasteiger partial charge on any atom is 0.108 e. The summed E-state index contributed by atoms with van der Waals surface area (Å²) in [6.45, 7) is 6.12. The lowest BCUT2D eigenvalue weighted by Crippen LogP contribution is -2.46. The average molecular weight is 404 g/mol. The Balaban J connectivity index is 1.63. The Kier molecular flexibility index (Phi) is 7.81. The highest BCUT2D eigenvalue weighted by Gasteiger charge is 2.26. The van der Waals surface area contributed by atoms with Gasteiger partial charge in [-0.1, -0.05) is 84.9 Å². The van der Waals surface area contributed by atoms with E-state index in [0.717, 1.165) is 18.5 Å². The van der Waals surface area contributed by atoms with Crippen LogP contribution < -0.4 is 0 Å². The molecule has 0 aliphatic rings. The van der Waals surface area contributed by atoms with Gasteiger partial charge in [-0.3, -0.25) is 4.90 Å². The Morgan fingerprint density at radius 3 is 1.80 bits per heavy atom. The predicted molar refractivity (Wildman–Crippen MR) is 123 cm³/mol. The minimum atomic E-state index is -0.104. The Hall–Kier alpha value is -2.46. The normalized spacial score (nSPS) is 11.9. The van der Waals surface area contributed by atoms with E-state index in [1.165, 1.54) is 16.7 Å². The number of aliphatic hydroxyl groups excluding tert-OH is 1. The van der Waals surface area contributed by atoms with Gasteiger partial charge >= 0.3 is 0 Å². The molecule has 0 bridgehead atoms. The number of nitrogens with zero attached hydrogens (tertiary/aromatic N) is 1. The third kappa shape index (κ3) is 6.02. The maximum absolute atomic E-state index is 9.20. The molecule has 3 aromatic carbocycles. The molecular weight excluding hydrogens is 370 g/mol. The molecule has 3 heteroatoms. The summed E-state index contributed by atoms with van der Waals surface area (Å²) in [6.07, 6.45) is 0.887. The van der Waals surface area contributed by atoms with Gasteiger partial charge in [0.2, 0.25) is 0 Å². The summed E-state index contributed by atoms with van der Waals surface area (Å²) >= 11 is 0. The minimum Gasteiger partial charge on any atom is -0.392 e. The zero-order valence-corrected chi connectivity index (χ0v) is 18.3. The molecule has 0 aliphatic heterocycles. The van der Waals surface area contributed by atoms with Crippen molar-refractivity contribution in [3.8, 4) is 0 Å². The van der Waals surface area contributed by atoms with Crippen molar-refractivity contribution < 1.29 is 9.84 Å². The molecule has 158 valence electrons. The molecule has 0 fully saturated rings. The highest BCUT2D eigenvalue weighted by atomic mass is 16.5. The van der Waals surface area contributed by atoms with Crippen LogP contribution >= 0.6 is 0 Å². The molecule has 0 atom stereocenters. The molecule has 0 saturated carbocycles. The number of benzene rings is 3. The molecule has 30 heavy (non-hydrogen) atoms. The van der Waals surface area contributed by atoms with Gasteiger partial charge < -0.3 is 9.84 Å². The standard InChI is InChI=1S/C27H33NO2/c1-27(2,28(3)19-18-22-14-16-23(20-29)17-15-22)21-30-26(24-10-6-4-7-11-24)25-12-8-5-9-13-25/h4-17,26,29H,18-21H2,1-3H3. The van der Waals surface area contributed by atoms with Crippen LogP contribution in [0.25, 0.3) is 0 Å². The molecule has 0 radical (unpaired) electrons. The molecule has 0 unspecified atom stereocenters. The van der Waals surface area contributed by atoms with Crippen LogP contribution in [-0.2, 0) is 17.8 Å². The van der Waals surface area contributed by atoms with Crippen molar-refractivity contribution in [3.05, 3.63) is 107 Å². The topological polar surface area (TPSA) is 32.7 Å². The van der Waals surface area contributed by atoms with Gasteiger partial charge in [0.05, 0.1) is 13.2 Å². The summed E-state index contributed by atoms with van der Waals surface area (Å²) in [5.74, 6) is 0. The van der Waals surface area contributed by atoms with Crippen molar-refractivity contribution in [1.29, 1.82) is 0 Å². The highest BCUT2D eigenvalue weighted by molar-refractivity contribution is 5.30. The van der Waals surface area contributed by atoms with E-state index in [2.05, 4.69) is 86.5 Å². The SMILES string of the molecule is CN(CCc1ccc(CO)cc1)C(C)(C)COC(c1ccccc1)c1ccccc1. The van der Waals surface area contributed by atoms with E-state index in [1.807, 2.05) is 24.3 Å². The summed E-state index contributed by atoms with van der Waals surface area (Å²) in [6, 6.07) is 29.0. The van der Waals surface area contributed by atoms with Crippen molar-refractivity contribution in [1.82, 2.24) is 4.90 Å². The molecular formula is C27H33NO2. The third-order valence-electron chi connectivity index (χ3n) is 5.78. The van der Waals surface area contributed by atoms with Crippen molar-refractivity contribution >= 4 is 0 Å². The molecule has 3 aromatic rings. The lowest BCUT2D eigenvalue weighted by Gasteiger charge is -2.37. The second-order valence-corrected chi connectivity index (χ2v) is 8.47. The highest BCUT2D eigenvalue weighted by Crippen LogP contribution is 2.28. The van der Waals surface area contributed by atoms with Gasteiger partial charge in [-0.25, -0.2) is 0 Å². The van der Waals surface area contributed by atoms with Crippen molar-refractivity contribution in [2.75, 3.05) is 20.2 Å². The van der Waals surface area contributed by atoms with Crippen LogP contribution in [0.1, 0.15) is 42.2 Å². The van der Waals surface area contributed by atoms with E-state index < -0.39 is 0 Å². The maximum atomic E-state index is 9.20. The fourth-order valence-corrected chi connectivity index (χ4v) is 3.45. The van der Waals surface area contributed by atoms with Crippen molar-refractivity contribution in [3.63, 3.8) is 0 Å². The minimum absolute atomic E-state index is 0.0777. The van der Waals surface area contributed by atoms with E-state index >= 15 is 0 Å². The Morgan fingerprint density at radius 1 is 0.800 bits per heavy atom. The van der Waals surface area contributed by atoms with Gasteiger partial charge in [0, 0.05) is 12.1 Å². The Morgan fingerprint density at radius 2 is 1.30 bits per heavy atom. The van der Waals surface area contributed by atoms with Crippen LogP contribution in [0.4, 0.5) is 0 Å². The summed E-state index contributed by atoms with van der Waals surface area (Å²) < 4.78 is 6.51. The lowest BCUT2D eigenvalue weighted by atomic mass is 10.00. The first-order chi connectivity index (χ1) is 14.5. The summed E-state index contributed by atoms with van der Waals surface area (Å²) in [4.78, 5) is 2.36. The number of rotatable bonds is 10. The zero-order valence-electron chi connectivity index (χ0n) is 18.3. The average Bonchev–Trinajstić information content (AvgIpc) is 2.79. The summed E-state index contributed by atoms with van der Waals surface area (Å²) in [7, 11) is 2.16. The second-order valence-electron chi connectivity index (χ2n) is 8.47.